The molecule has 196 valence electrons. The van der Waals surface area contributed by atoms with E-state index >= 15 is 4.39 Å². The quantitative estimate of drug-likeness (QED) is 0.616. The number of sulfonamides is 1. The van der Waals surface area contributed by atoms with Gasteiger partial charge in [-0.15, -0.1) is 0 Å². The number of nitrogens with zero attached hydrogens (tertiary/aromatic N) is 4. The molecule has 9 nitrogen and oxygen atoms in total. The number of nitrogen functional groups attached to an aromatic ring is 1. The molecule has 2 aliphatic heterocycles. The smallest absolute Gasteiger partial charge is 0.281 e. The molecule has 2 saturated heterocycles. The summed E-state index contributed by atoms with van der Waals surface area (Å²) < 4.78 is 43.4. The molecular formula is C25H35FN6O3S. The topological polar surface area (TPSA) is 122 Å². The summed E-state index contributed by atoms with van der Waals surface area (Å²) in [7, 11) is -4.34. The van der Waals surface area contributed by atoms with Crippen molar-refractivity contribution < 1.29 is 17.6 Å². The predicted octanol–water partition coefficient (Wildman–Crippen LogP) is 3.57. The van der Waals surface area contributed by atoms with Gasteiger partial charge >= 0.3 is 0 Å². The molecule has 0 unspecified atom stereocenters. The van der Waals surface area contributed by atoms with E-state index in [4.69, 9.17) is 10.7 Å². The Bertz CT molecular complexity index is 1300. The number of pyridine rings is 2. The van der Waals surface area contributed by atoms with E-state index in [1.54, 1.807) is 0 Å². The molecule has 11 heteroatoms. The van der Waals surface area contributed by atoms with E-state index in [9.17, 15) is 13.2 Å². The highest BCUT2D eigenvalue weighted by Crippen LogP contribution is 2.42. The second-order valence-corrected chi connectivity index (χ2v) is 13.1. The van der Waals surface area contributed by atoms with Gasteiger partial charge in [-0.2, -0.15) is 8.42 Å². The van der Waals surface area contributed by atoms with Crippen molar-refractivity contribution in [3.8, 4) is 0 Å². The SMILES string of the molecule is C[C@@H]1CN(c2nc(N3C[C@@H](C)CC3(C)C)c(C(=O)NS(=O)(=O)c3cccc(N)n3)cc2F)C(C)(C)C1. The van der Waals surface area contributed by atoms with Crippen LogP contribution in [0.3, 0.4) is 0 Å². The molecule has 0 aliphatic carbocycles. The van der Waals surface area contributed by atoms with E-state index in [2.05, 4.69) is 18.8 Å². The molecule has 0 aromatic carbocycles. The van der Waals surface area contributed by atoms with Crippen molar-refractivity contribution >= 4 is 33.4 Å². The molecule has 2 aromatic heterocycles. The molecule has 0 bridgehead atoms. The van der Waals surface area contributed by atoms with Crippen LogP contribution in [-0.4, -0.2) is 48.5 Å². The van der Waals surface area contributed by atoms with E-state index in [0.717, 1.165) is 18.9 Å². The first-order valence-electron chi connectivity index (χ1n) is 12.2. The van der Waals surface area contributed by atoms with Gasteiger partial charge in [0.1, 0.15) is 11.6 Å². The van der Waals surface area contributed by atoms with Crippen molar-refractivity contribution in [2.75, 3.05) is 28.6 Å². The predicted molar refractivity (Wildman–Crippen MR) is 138 cm³/mol. The molecule has 2 atom stereocenters. The molecule has 2 aliphatic rings. The number of hydrogen-bond donors (Lipinski definition) is 2. The Labute approximate surface area is 212 Å². The third-order valence-electron chi connectivity index (χ3n) is 7.09. The second kappa shape index (κ2) is 8.86. The van der Waals surface area contributed by atoms with Gasteiger partial charge in [0.2, 0.25) is 0 Å². The zero-order valence-electron chi connectivity index (χ0n) is 21.7. The first-order chi connectivity index (χ1) is 16.6. The molecule has 1 amide bonds. The van der Waals surface area contributed by atoms with E-state index in [1.807, 2.05) is 42.2 Å². The number of rotatable bonds is 5. The molecule has 3 N–H and O–H groups in total. The minimum absolute atomic E-state index is 0.00154. The Kier molecular flexibility index (Phi) is 6.43. The summed E-state index contributed by atoms with van der Waals surface area (Å²) in [5.74, 6) is -0.539. The Morgan fingerprint density at radius 3 is 2.08 bits per heavy atom. The number of carbonyl (C=O) groups is 1. The van der Waals surface area contributed by atoms with Crippen LogP contribution in [0.1, 0.15) is 64.7 Å². The Balaban J connectivity index is 1.80. The number of carbonyl (C=O) groups excluding carboxylic acids is 1. The molecule has 36 heavy (non-hydrogen) atoms. The first-order valence-corrected chi connectivity index (χ1v) is 13.6. The molecule has 0 radical (unpaired) electrons. The van der Waals surface area contributed by atoms with Crippen LogP contribution >= 0.6 is 0 Å². The number of halogens is 1. The van der Waals surface area contributed by atoms with Crippen LogP contribution in [0.4, 0.5) is 21.8 Å². The lowest BCUT2D eigenvalue weighted by molar-refractivity contribution is 0.0981. The van der Waals surface area contributed by atoms with Crippen LogP contribution in [0.25, 0.3) is 0 Å². The van der Waals surface area contributed by atoms with E-state index < -0.39 is 26.8 Å². The summed E-state index contributed by atoms with van der Waals surface area (Å²) in [4.78, 5) is 25.8. The van der Waals surface area contributed by atoms with Crippen molar-refractivity contribution in [3.63, 3.8) is 0 Å². The standard InChI is InChI=1S/C25H35FN6O3S/c1-15-11-24(3,4)31(13-15)21-17(23(33)30-36(34,35)20-9-7-8-19(27)28-20)10-18(26)22(29-21)32-14-16(2)12-25(32,5)6/h7-10,15-16H,11-14H2,1-6H3,(H2,27,28)(H,30,33)/t15-,16-/m0/s1. The monoisotopic (exact) mass is 518 g/mol. The van der Waals surface area contributed by atoms with Crippen molar-refractivity contribution in [3.05, 3.63) is 35.6 Å². The fourth-order valence-electron chi connectivity index (χ4n) is 5.76. The van der Waals surface area contributed by atoms with Crippen LogP contribution in [0.2, 0.25) is 0 Å². The summed E-state index contributed by atoms with van der Waals surface area (Å²) >= 11 is 0. The highest BCUT2D eigenvalue weighted by atomic mass is 32.2. The molecular weight excluding hydrogens is 483 g/mol. The summed E-state index contributed by atoms with van der Waals surface area (Å²) in [6, 6.07) is 5.20. The minimum Gasteiger partial charge on any atom is -0.384 e. The largest absolute Gasteiger partial charge is 0.384 e. The fraction of sp³-hybridized carbons (Fsp3) is 0.560. The second-order valence-electron chi connectivity index (χ2n) is 11.5. The van der Waals surface area contributed by atoms with Gasteiger partial charge in [-0.1, -0.05) is 19.9 Å². The van der Waals surface area contributed by atoms with E-state index in [0.29, 0.717) is 24.9 Å². The summed E-state index contributed by atoms with van der Waals surface area (Å²) in [5.41, 5.74) is 4.80. The first kappa shape index (κ1) is 26.1. The highest BCUT2D eigenvalue weighted by molar-refractivity contribution is 7.90. The van der Waals surface area contributed by atoms with Crippen LogP contribution in [-0.2, 0) is 10.0 Å². The highest BCUT2D eigenvalue weighted by Gasteiger charge is 2.42. The number of nitrogens with two attached hydrogens (primary N) is 1. The maximum atomic E-state index is 15.6. The third kappa shape index (κ3) is 4.85. The van der Waals surface area contributed by atoms with Crippen molar-refractivity contribution in [1.82, 2.24) is 14.7 Å². The number of anilines is 3. The lowest BCUT2D eigenvalue weighted by Gasteiger charge is -2.37. The molecule has 4 rings (SSSR count). The lowest BCUT2D eigenvalue weighted by Crippen LogP contribution is -2.43. The van der Waals surface area contributed by atoms with E-state index in [1.165, 1.54) is 18.2 Å². The van der Waals surface area contributed by atoms with Crippen molar-refractivity contribution in [2.45, 2.75) is 70.5 Å². The maximum absolute atomic E-state index is 15.6. The van der Waals surface area contributed by atoms with Gasteiger partial charge in [0, 0.05) is 24.2 Å². The minimum atomic E-state index is -4.34. The van der Waals surface area contributed by atoms with Gasteiger partial charge in [0.15, 0.2) is 16.7 Å². The Hall–Kier alpha value is -2.95. The molecule has 4 heterocycles. The molecule has 0 spiro atoms. The number of nitrogens with one attached hydrogen (secondary N) is 1. The summed E-state index contributed by atoms with van der Waals surface area (Å²) in [6.45, 7) is 13.6. The molecule has 2 fully saturated rings. The van der Waals surface area contributed by atoms with Gasteiger partial charge in [0.05, 0.1) is 5.56 Å². The zero-order valence-corrected chi connectivity index (χ0v) is 22.5. The van der Waals surface area contributed by atoms with Gasteiger partial charge in [-0.05, 0) is 70.6 Å². The fourth-order valence-corrected chi connectivity index (χ4v) is 6.70. The summed E-state index contributed by atoms with van der Waals surface area (Å²) in [6.07, 6.45) is 1.73. The maximum Gasteiger partial charge on any atom is 0.281 e. The number of amides is 1. The van der Waals surface area contributed by atoms with Gasteiger partial charge in [0.25, 0.3) is 15.9 Å². The van der Waals surface area contributed by atoms with Crippen molar-refractivity contribution in [2.24, 2.45) is 11.8 Å². The Morgan fingerprint density at radius 2 is 1.58 bits per heavy atom. The van der Waals surface area contributed by atoms with Crippen LogP contribution in [0.5, 0.6) is 0 Å². The molecule has 2 aromatic rings. The molecule has 0 saturated carbocycles. The number of aromatic nitrogens is 2. The lowest BCUT2D eigenvalue weighted by atomic mass is 9.97. The van der Waals surface area contributed by atoms with E-state index in [-0.39, 0.29) is 34.1 Å². The van der Waals surface area contributed by atoms with Gasteiger partial charge < -0.3 is 15.5 Å². The van der Waals surface area contributed by atoms with Gasteiger partial charge in [-0.25, -0.2) is 19.1 Å². The Morgan fingerprint density at radius 1 is 1.03 bits per heavy atom. The third-order valence-corrected chi connectivity index (χ3v) is 8.32. The normalized spacial score (nSPS) is 23.2. The average Bonchev–Trinajstić information content (AvgIpc) is 3.18. The number of hydrogen-bond acceptors (Lipinski definition) is 8. The van der Waals surface area contributed by atoms with Crippen LogP contribution < -0.4 is 20.3 Å². The zero-order chi connectivity index (χ0) is 26.6. The van der Waals surface area contributed by atoms with Crippen LogP contribution in [0, 0.1) is 17.7 Å². The van der Waals surface area contributed by atoms with Crippen LogP contribution in [0.15, 0.2) is 29.3 Å². The summed E-state index contributed by atoms with van der Waals surface area (Å²) in [5, 5.41) is -0.398. The average molecular weight is 519 g/mol. The van der Waals surface area contributed by atoms with Gasteiger partial charge in [-0.3, -0.25) is 4.79 Å². The van der Waals surface area contributed by atoms with Crippen molar-refractivity contribution in [1.29, 1.82) is 0 Å².